The van der Waals surface area contributed by atoms with E-state index in [1.807, 2.05) is 4.90 Å². The standard InChI is InChI=1S/C10H23NO4S/c1-10(2)4-6-11(7-8-12)5-3-9-16(13,14)15/h10,12H,3-9H2,1-2H3,(H,13,14,15)/p-1. The fraction of sp³-hybridized carbons (Fsp3) is 1.00. The molecule has 0 saturated heterocycles. The van der Waals surface area contributed by atoms with Crippen LogP contribution in [0.4, 0.5) is 0 Å². The van der Waals surface area contributed by atoms with Crippen LogP contribution in [0, 0.1) is 5.92 Å². The Labute approximate surface area is 98.2 Å². The van der Waals surface area contributed by atoms with Gasteiger partial charge in [0.25, 0.3) is 0 Å². The maximum absolute atomic E-state index is 10.4. The minimum absolute atomic E-state index is 0.0578. The second kappa shape index (κ2) is 8.00. The van der Waals surface area contributed by atoms with Crippen LogP contribution >= 0.6 is 0 Å². The number of nitrogens with zero attached hydrogens (tertiary/aromatic N) is 1. The predicted octanol–water partition coefficient (Wildman–Crippen LogP) is 0.262. The van der Waals surface area contributed by atoms with Crippen LogP contribution in [0.2, 0.25) is 0 Å². The number of aliphatic hydroxyl groups is 1. The molecule has 98 valence electrons. The highest BCUT2D eigenvalue weighted by molar-refractivity contribution is 7.85. The summed E-state index contributed by atoms with van der Waals surface area (Å²) in [6.07, 6.45) is 1.34. The molecule has 0 rings (SSSR count). The second-order valence-electron chi connectivity index (χ2n) is 4.36. The molecule has 0 radical (unpaired) electrons. The van der Waals surface area contributed by atoms with Gasteiger partial charge in [0.15, 0.2) is 0 Å². The summed E-state index contributed by atoms with van der Waals surface area (Å²) in [6.45, 7) is 6.19. The highest BCUT2D eigenvalue weighted by atomic mass is 32.2. The summed E-state index contributed by atoms with van der Waals surface area (Å²) in [5, 5.41) is 8.84. The Morgan fingerprint density at radius 1 is 1.25 bits per heavy atom. The van der Waals surface area contributed by atoms with Crippen molar-refractivity contribution >= 4 is 10.1 Å². The Morgan fingerprint density at radius 3 is 2.31 bits per heavy atom. The first-order valence-corrected chi connectivity index (χ1v) is 7.19. The SMILES string of the molecule is CC(C)CCN(CCO)CCCS(=O)(=O)[O-]. The summed E-state index contributed by atoms with van der Waals surface area (Å²) in [6, 6.07) is 0. The summed E-state index contributed by atoms with van der Waals surface area (Å²) in [5.74, 6) is 0.251. The van der Waals surface area contributed by atoms with Crippen molar-refractivity contribution < 1.29 is 18.1 Å². The first-order chi connectivity index (χ1) is 7.35. The minimum Gasteiger partial charge on any atom is -0.748 e. The fourth-order valence-electron chi connectivity index (χ4n) is 1.38. The van der Waals surface area contributed by atoms with Gasteiger partial charge >= 0.3 is 0 Å². The minimum atomic E-state index is -4.11. The van der Waals surface area contributed by atoms with Gasteiger partial charge < -0.3 is 14.6 Å². The number of hydrogen-bond acceptors (Lipinski definition) is 5. The van der Waals surface area contributed by atoms with Gasteiger partial charge in [0.1, 0.15) is 0 Å². The number of hydrogen-bond donors (Lipinski definition) is 1. The van der Waals surface area contributed by atoms with Crippen LogP contribution in [0.3, 0.4) is 0 Å². The molecule has 0 atom stereocenters. The van der Waals surface area contributed by atoms with E-state index in [-0.39, 0.29) is 12.4 Å². The summed E-state index contributed by atoms with van der Waals surface area (Å²) in [5.41, 5.74) is 0. The van der Waals surface area contributed by atoms with Crippen molar-refractivity contribution in [3.63, 3.8) is 0 Å². The van der Waals surface area contributed by atoms with E-state index in [2.05, 4.69) is 13.8 Å². The molecule has 0 aliphatic heterocycles. The molecule has 0 fully saturated rings. The average Bonchev–Trinajstić information content (AvgIpc) is 2.12. The van der Waals surface area contributed by atoms with Crippen molar-refractivity contribution in [1.82, 2.24) is 4.90 Å². The molecular formula is C10H22NO4S-. The molecule has 0 amide bonds. The number of aliphatic hydroxyl groups excluding tert-OH is 1. The highest BCUT2D eigenvalue weighted by Crippen LogP contribution is 2.03. The molecule has 0 aliphatic carbocycles. The van der Waals surface area contributed by atoms with Crippen LogP contribution < -0.4 is 0 Å². The van der Waals surface area contributed by atoms with E-state index < -0.39 is 10.1 Å². The smallest absolute Gasteiger partial charge is 0.0946 e. The van der Waals surface area contributed by atoms with E-state index >= 15 is 0 Å². The summed E-state index contributed by atoms with van der Waals surface area (Å²) in [4.78, 5) is 1.99. The topological polar surface area (TPSA) is 80.7 Å². The van der Waals surface area contributed by atoms with Crippen molar-refractivity contribution in [3.05, 3.63) is 0 Å². The van der Waals surface area contributed by atoms with Crippen molar-refractivity contribution in [2.75, 3.05) is 32.0 Å². The molecule has 5 nitrogen and oxygen atoms in total. The molecule has 0 bridgehead atoms. The van der Waals surface area contributed by atoms with E-state index in [9.17, 15) is 13.0 Å². The normalized spacial score (nSPS) is 12.6. The van der Waals surface area contributed by atoms with Crippen LogP contribution in [0.25, 0.3) is 0 Å². The molecule has 0 heterocycles. The van der Waals surface area contributed by atoms with Crippen LogP contribution in [-0.2, 0) is 10.1 Å². The molecule has 0 aromatic carbocycles. The van der Waals surface area contributed by atoms with Gasteiger partial charge in [0, 0.05) is 12.3 Å². The van der Waals surface area contributed by atoms with Gasteiger partial charge in [0.05, 0.1) is 16.7 Å². The molecule has 0 aromatic heterocycles. The van der Waals surface area contributed by atoms with Crippen LogP contribution in [0.1, 0.15) is 26.7 Å². The van der Waals surface area contributed by atoms with Crippen LogP contribution in [0.5, 0.6) is 0 Å². The Kier molecular flexibility index (Phi) is 7.91. The Morgan fingerprint density at radius 2 is 1.88 bits per heavy atom. The van der Waals surface area contributed by atoms with E-state index in [0.717, 1.165) is 13.0 Å². The third-order valence-corrected chi connectivity index (χ3v) is 3.10. The average molecular weight is 252 g/mol. The van der Waals surface area contributed by atoms with Gasteiger partial charge in [-0.25, -0.2) is 8.42 Å². The first-order valence-electron chi connectivity index (χ1n) is 5.62. The lowest BCUT2D eigenvalue weighted by Gasteiger charge is -2.22. The van der Waals surface area contributed by atoms with Crippen molar-refractivity contribution in [2.45, 2.75) is 26.7 Å². The monoisotopic (exact) mass is 252 g/mol. The lowest BCUT2D eigenvalue weighted by molar-refractivity contribution is 0.189. The fourth-order valence-corrected chi connectivity index (χ4v) is 1.87. The van der Waals surface area contributed by atoms with Crippen molar-refractivity contribution in [3.8, 4) is 0 Å². The van der Waals surface area contributed by atoms with Crippen LogP contribution in [-0.4, -0.2) is 55.0 Å². The molecule has 6 heteroatoms. The molecule has 0 saturated carbocycles. The van der Waals surface area contributed by atoms with E-state index in [1.165, 1.54) is 0 Å². The summed E-state index contributed by atoms with van der Waals surface area (Å²) in [7, 11) is -4.11. The zero-order valence-electron chi connectivity index (χ0n) is 10.1. The van der Waals surface area contributed by atoms with Gasteiger partial charge in [-0.2, -0.15) is 0 Å². The first kappa shape index (κ1) is 15.8. The molecule has 16 heavy (non-hydrogen) atoms. The lowest BCUT2D eigenvalue weighted by Crippen LogP contribution is -2.30. The molecular weight excluding hydrogens is 230 g/mol. The zero-order valence-corrected chi connectivity index (χ0v) is 10.9. The quantitative estimate of drug-likeness (QED) is 0.595. The maximum Gasteiger partial charge on any atom is 0.0946 e. The largest absolute Gasteiger partial charge is 0.748 e. The Balaban J connectivity index is 3.84. The van der Waals surface area contributed by atoms with Crippen molar-refractivity contribution in [1.29, 1.82) is 0 Å². The Hall–Kier alpha value is -0.170. The highest BCUT2D eigenvalue weighted by Gasteiger charge is 2.06. The third-order valence-electron chi connectivity index (χ3n) is 2.31. The molecule has 1 N–H and O–H groups in total. The summed E-state index contributed by atoms with van der Waals surface area (Å²) >= 11 is 0. The second-order valence-corrected chi connectivity index (χ2v) is 5.89. The van der Waals surface area contributed by atoms with Crippen LogP contribution in [0.15, 0.2) is 0 Å². The molecule has 0 aliphatic rings. The maximum atomic E-state index is 10.4. The van der Waals surface area contributed by atoms with E-state index in [0.29, 0.717) is 25.4 Å². The van der Waals surface area contributed by atoms with Gasteiger partial charge in [-0.1, -0.05) is 13.8 Å². The van der Waals surface area contributed by atoms with Gasteiger partial charge in [-0.05, 0) is 31.8 Å². The van der Waals surface area contributed by atoms with Gasteiger partial charge in [-0.3, -0.25) is 0 Å². The Bertz CT molecular complexity index is 264. The third kappa shape index (κ3) is 10.4. The molecule has 0 aromatic rings. The number of rotatable bonds is 9. The van der Waals surface area contributed by atoms with E-state index in [4.69, 9.17) is 5.11 Å². The van der Waals surface area contributed by atoms with Gasteiger partial charge in [-0.15, -0.1) is 0 Å². The zero-order chi connectivity index (χ0) is 12.6. The predicted molar refractivity (Wildman–Crippen MR) is 62.2 cm³/mol. The van der Waals surface area contributed by atoms with Crippen molar-refractivity contribution in [2.24, 2.45) is 5.92 Å². The summed E-state index contributed by atoms with van der Waals surface area (Å²) < 4.78 is 31.2. The lowest BCUT2D eigenvalue weighted by atomic mass is 10.1. The van der Waals surface area contributed by atoms with E-state index in [1.54, 1.807) is 0 Å². The molecule has 0 unspecified atom stereocenters. The molecule has 0 spiro atoms. The van der Waals surface area contributed by atoms with Gasteiger partial charge in [0.2, 0.25) is 0 Å².